The van der Waals surface area contributed by atoms with Crippen LogP contribution in [0.15, 0.2) is 42.0 Å². The zero-order valence-electron chi connectivity index (χ0n) is 10.9. The molecule has 0 unspecified atom stereocenters. The molecule has 18 heavy (non-hydrogen) atoms. The minimum Gasteiger partial charge on any atom is -0.313 e. The lowest BCUT2D eigenvalue weighted by molar-refractivity contribution is 0.676. The van der Waals surface area contributed by atoms with Gasteiger partial charge in [-0.15, -0.1) is 0 Å². The third kappa shape index (κ3) is 3.24. The fraction of sp³-hybridized carbons (Fsp3) is 0.375. The summed E-state index contributed by atoms with van der Waals surface area (Å²) >= 11 is 6.17. The summed E-state index contributed by atoms with van der Waals surface area (Å²) in [7, 11) is 0. The Kier molecular flexibility index (Phi) is 4.62. The topological polar surface area (TPSA) is 12.0 Å². The maximum atomic E-state index is 6.17. The van der Waals surface area contributed by atoms with Crippen molar-refractivity contribution in [3.63, 3.8) is 0 Å². The summed E-state index contributed by atoms with van der Waals surface area (Å²) in [5.41, 5.74) is 5.04. The average Bonchev–Trinajstić information content (AvgIpc) is 2.34. The van der Waals surface area contributed by atoms with Crippen molar-refractivity contribution >= 4 is 11.6 Å². The van der Waals surface area contributed by atoms with Crippen LogP contribution < -0.4 is 5.32 Å². The molecule has 0 aliphatic carbocycles. The summed E-state index contributed by atoms with van der Waals surface area (Å²) in [6.45, 7) is 8.24. The molecular weight excluding hydrogens is 242 g/mol. The highest BCUT2D eigenvalue weighted by atomic mass is 35.5. The van der Waals surface area contributed by atoms with Crippen LogP contribution in [0.2, 0.25) is 5.02 Å². The molecule has 1 aromatic carbocycles. The van der Waals surface area contributed by atoms with Gasteiger partial charge >= 0.3 is 0 Å². The van der Waals surface area contributed by atoms with Gasteiger partial charge in [-0.1, -0.05) is 36.4 Å². The summed E-state index contributed by atoms with van der Waals surface area (Å²) in [5, 5.41) is 4.26. The van der Waals surface area contributed by atoms with Gasteiger partial charge in [-0.05, 0) is 61.1 Å². The van der Waals surface area contributed by atoms with E-state index in [1.807, 2.05) is 12.1 Å². The molecule has 1 aliphatic heterocycles. The average molecular weight is 262 g/mol. The van der Waals surface area contributed by atoms with Crippen molar-refractivity contribution in [1.29, 1.82) is 0 Å². The van der Waals surface area contributed by atoms with Gasteiger partial charge in [0.05, 0.1) is 0 Å². The first-order valence-corrected chi connectivity index (χ1v) is 6.88. The Bertz CT molecular complexity index is 474. The van der Waals surface area contributed by atoms with Gasteiger partial charge in [0, 0.05) is 11.6 Å². The molecule has 1 heterocycles. The number of nitrogens with one attached hydrogen (secondary N) is 1. The normalized spacial score (nSPS) is 19.9. The zero-order chi connectivity index (χ0) is 13.0. The first-order chi connectivity index (χ1) is 8.68. The van der Waals surface area contributed by atoms with E-state index in [1.54, 1.807) is 0 Å². The SMILES string of the molecule is C=C1CNCCC/C=C\1Cc1cccc(Cl)c1C. The third-order valence-corrected chi connectivity index (χ3v) is 3.91. The molecule has 0 aromatic heterocycles. The van der Waals surface area contributed by atoms with Crippen LogP contribution in [0.25, 0.3) is 0 Å². The van der Waals surface area contributed by atoms with Gasteiger partial charge in [0.25, 0.3) is 0 Å². The molecule has 0 bridgehead atoms. The Morgan fingerprint density at radius 2 is 2.22 bits per heavy atom. The molecule has 0 spiro atoms. The maximum Gasteiger partial charge on any atom is 0.0438 e. The van der Waals surface area contributed by atoms with Crippen molar-refractivity contribution in [2.75, 3.05) is 13.1 Å². The second kappa shape index (κ2) is 6.21. The van der Waals surface area contributed by atoms with E-state index in [0.29, 0.717) is 0 Å². The van der Waals surface area contributed by atoms with Gasteiger partial charge in [-0.25, -0.2) is 0 Å². The molecule has 0 saturated carbocycles. The van der Waals surface area contributed by atoms with Crippen LogP contribution in [0.1, 0.15) is 24.0 Å². The summed E-state index contributed by atoms with van der Waals surface area (Å²) in [6, 6.07) is 6.12. The van der Waals surface area contributed by atoms with Gasteiger partial charge in [0.1, 0.15) is 0 Å². The lowest BCUT2D eigenvalue weighted by atomic mass is 9.94. The Labute approximate surface area is 115 Å². The summed E-state index contributed by atoms with van der Waals surface area (Å²) < 4.78 is 0. The molecule has 0 radical (unpaired) electrons. The Morgan fingerprint density at radius 1 is 1.39 bits per heavy atom. The molecule has 1 nitrogen and oxygen atoms in total. The molecule has 96 valence electrons. The Hall–Kier alpha value is -1.05. The Morgan fingerprint density at radius 3 is 3.06 bits per heavy atom. The second-order valence-corrected chi connectivity index (χ2v) is 5.26. The van der Waals surface area contributed by atoms with Crippen molar-refractivity contribution in [3.05, 3.63) is 58.1 Å². The predicted octanol–water partition coefficient (Wildman–Crippen LogP) is 4.06. The molecule has 0 fully saturated rings. The van der Waals surface area contributed by atoms with E-state index < -0.39 is 0 Å². The van der Waals surface area contributed by atoms with Crippen LogP contribution in [0, 0.1) is 6.92 Å². The lowest BCUT2D eigenvalue weighted by Gasteiger charge is -2.17. The van der Waals surface area contributed by atoms with Crippen molar-refractivity contribution in [3.8, 4) is 0 Å². The quantitative estimate of drug-likeness (QED) is 0.847. The van der Waals surface area contributed by atoms with Crippen LogP contribution in [0.5, 0.6) is 0 Å². The monoisotopic (exact) mass is 261 g/mol. The van der Waals surface area contributed by atoms with Crippen molar-refractivity contribution in [2.45, 2.75) is 26.2 Å². The molecule has 1 aromatic rings. The van der Waals surface area contributed by atoms with Crippen LogP contribution in [0.4, 0.5) is 0 Å². The fourth-order valence-corrected chi connectivity index (χ4v) is 2.44. The van der Waals surface area contributed by atoms with E-state index >= 15 is 0 Å². The van der Waals surface area contributed by atoms with Gasteiger partial charge in [0.2, 0.25) is 0 Å². The minimum absolute atomic E-state index is 0.850. The first-order valence-electron chi connectivity index (χ1n) is 6.50. The molecule has 0 saturated heterocycles. The summed E-state index contributed by atoms with van der Waals surface area (Å²) in [6.07, 6.45) is 5.60. The van der Waals surface area contributed by atoms with E-state index in [1.165, 1.54) is 28.7 Å². The number of rotatable bonds is 2. The minimum atomic E-state index is 0.850. The molecular formula is C16H20ClN. The molecule has 2 rings (SSSR count). The van der Waals surface area contributed by atoms with E-state index in [-0.39, 0.29) is 0 Å². The fourth-order valence-electron chi connectivity index (χ4n) is 2.25. The summed E-state index contributed by atoms with van der Waals surface area (Å²) in [4.78, 5) is 0. The standard InChI is InChI=1S/C16H20ClN/c1-12-11-18-9-4-3-6-14(12)10-15-7-5-8-16(17)13(15)2/h5-8,18H,1,3-4,9-11H2,2H3/b14-6-. The number of benzene rings is 1. The largest absolute Gasteiger partial charge is 0.313 e. The molecule has 2 heteroatoms. The molecule has 1 aliphatic rings. The van der Waals surface area contributed by atoms with E-state index in [2.05, 4.69) is 31.0 Å². The predicted molar refractivity (Wildman–Crippen MR) is 79.2 cm³/mol. The number of allylic oxidation sites excluding steroid dienone is 1. The highest BCUT2D eigenvalue weighted by Crippen LogP contribution is 2.24. The third-order valence-electron chi connectivity index (χ3n) is 3.50. The van der Waals surface area contributed by atoms with Gasteiger partial charge in [-0.3, -0.25) is 0 Å². The van der Waals surface area contributed by atoms with Gasteiger partial charge in [0.15, 0.2) is 0 Å². The second-order valence-electron chi connectivity index (χ2n) is 4.85. The highest BCUT2D eigenvalue weighted by Gasteiger charge is 2.09. The zero-order valence-corrected chi connectivity index (χ0v) is 11.7. The molecule has 0 amide bonds. The Balaban J connectivity index is 2.20. The van der Waals surface area contributed by atoms with Crippen molar-refractivity contribution in [2.24, 2.45) is 0 Å². The van der Waals surface area contributed by atoms with Crippen LogP contribution in [-0.4, -0.2) is 13.1 Å². The van der Waals surface area contributed by atoms with Crippen LogP contribution in [-0.2, 0) is 6.42 Å². The van der Waals surface area contributed by atoms with E-state index in [9.17, 15) is 0 Å². The molecule has 0 atom stereocenters. The lowest BCUT2D eigenvalue weighted by Crippen LogP contribution is -2.21. The highest BCUT2D eigenvalue weighted by molar-refractivity contribution is 6.31. The van der Waals surface area contributed by atoms with Gasteiger partial charge < -0.3 is 5.32 Å². The van der Waals surface area contributed by atoms with Crippen molar-refractivity contribution < 1.29 is 0 Å². The number of hydrogen-bond donors (Lipinski definition) is 1. The molecule has 1 N–H and O–H groups in total. The van der Waals surface area contributed by atoms with Crippen LogP contribution in [0.3, 0.4) is 0 Å². The smallest absolute Gasteiger partial charge is 0.0438 e. The van der Waals surface area contributed by atoms with E-state index in [0.717, 1.165) is 31.0 Å². The van der Waals surface area contributed by atoms with E-state index in [4.69, 9.17) is 11.6 Å². The van der Waals surface area contributed by atoms with Crippen molar-refractivity contribution in [1.82, 2.24) is 5.32 Å². The number of halogens is 1. The summed E-state index contributed by atoms with van der Waals surface area (Å²) in [5.74, 6) is 0. The maximum absolute atomic E-state index is 6.17. The van der Waals surface area contributed by atoms with Gasteiger partial charge in [-0.2, -0.15) is 0 Å². The first kappa shape index (κ1) is 13.4. The van der Waals surface area contributed by atoms with Crippen LogP contribution >= 0.6 is 11.6 Å². The number of hydrogen-bond acceptors (Lipinski definition) is 1.